The summed E-state index contributed by atoms with van der Waals surface area (Å²) in [4.78, 5) is 11.3. The highest BCUT2D eigenvalue weighted by atomic mass is 16.5. The number of ether oxygens (including phenoxy) is 1. The molecule has 0 atom stereocenters. The summed E-state index contributed by atoms with van der Waals surface area (Å²) in [6.45, 7) is 8.74. The first kappa shape index (κ1) is 17.7. The highest BCUT2D eigenvalue weighted by molar-refractivity contribution is 5.69. The summed E-state index contributed by atoms with van der Waals surface area (Å²) in [6, 6.07) is 8.46. The molecule has 1 aromatic rings. The lowest BCUT2D eigenvalue weighted by Crippen LogP contribution is -2.05. The van der Waals surface area contributed by atoms with Gasteiger partial charge in [-0.2, -0.15) is 0 Å². The summed E-state index contributed by atoms with van der Waals surface area (Å²) in [6.07, 6.45) is 4.37. The van der Waals surface area contributed by atoms with Crippen molar-refractivity contribution in [2.75, 3.05) is 6.61 Å². The van der Waals surface area contributed by atoms with Crippen LogP contribution in [0.15, 0.2) is 24.3 Å². The Bertz CT molecular complexity index is 328. The summed E-state index contributed by atoms with van der Waals surface area (Å²) in [7, 11) is 0. The number of benzene rings is 1. The van der Waals surface area contributed by atoms with E-state index in [2.05, 4.69) is 38.1 Å². The van der Waals surface area contributed by atoms with Crippen LogP contribution in [0, 0.1) is 6.92 Å². The van der Waals surface area contributed by atoms with Crippen LogP contribution >= 0.6 is 0 Å². The third-order valence-electron chi connectivity index (χ3n) is 2.73. The Morgan fingerprint density at radius 3 is 2.32 bits per heavy atom. The van der Waals surface area contributed by atoms with Crippen molar-refractivity contribution in [2.45, 2.75) is 59.8 Å². The molecule has 0 radical (unpaired) electrons. The third kappa shape index (κ3) is 9.29. The topological polar surface area (TPSA) is 26.3 Å². The Hall–Kier alpha value is -1.31. The molecular formula is C17H28O2. The maximum atomic E-state index is 11.3. The van der Waals surface area contributed by atoms with Crippen LogP contribution in [0.4, 0.5) is 0 Å². The molecule has 0 N–H and O–H groups in total. The first-order chi connectivity index (χ1) is 9.22. The first-order valence-electron chi connectivity index (χ1n) is 7.43. The molecule has 0 aliphatic carbocycles. The predicted octanol–water partition coefficient (Wildman–Crippen LogP) is 4.69. The number of unbranched alkanes of at least 4 members (excludes halogenated alkanes) is 1. The molecule has 2 heteroatoms. The molecule has 0 amide bonds. The van der Waals surface area contributed by atoms with Crippen molar-refractivity contribution >= 4 is 5.97 Å². The van der Waals surface area contributed by atoms with E-state index in [0.29, 0.717) is 13.0 Å². The summed E-state index contributed by atoms with van der Waals surface area (Å²) < 4.78 is 5.10. The molecule has 0 heterocycles. The van der Waals surface area contributed by atoms with Gasteiger partial charge in [0.15, 0.2) is 0 Å². The zero-order valence-electron chi connectivity index (χ0n) is 12.9. The van der Waals surface area contributed by atoms with Crippen molar-refractivity contribution in [1.82, 2.24) is 0 Å². The smallest absolute Gasteiger partial charge is 0.305 e. The number of rotatable bonds is 7. The lowest BCUT2D eigenvalue weighted by Gasteiger charge is -2.04. The second kappa shape index (κ2) is 11.8. The van der Waals surface area contributed by atoms with Crippen molar-refractivity contribution in [2.24, 2.45) is 0 Å². The van der Waals surface area contributed by atoms with E-state index in [1.807, 2.05) is 13.8 Å². The molecule has 0 saturated heterocycles. The van der Waals surface area contributed by atoms with Gasteiger partial charge in [-0.1, -0.05) is 57.0 Å². The average Bonchev–Trinajstić information content (AvgIpc) is 2.44. The Morgan fingerprint density at radius 2 is 1.74 bits per heavy atom. The van der Waals surface area contributed by atoms with E-state index >= 15 is 0 Å². The molecule has 0 bridgehead atoms. The normalized spacial score (nSPS) is 9.47. The Morgan fingerprint density at radius 1 is 1.11 bits per heavy atom. The van der Waals surface area contributed by atoms with E-state index in [1.165, 1.54) is 11.1 Å². The van der Waals surface area contributed by atoms with Crippen molar-refractivity contribution in [3.8, 4) is 0 Å². The molecule has 1 aromatic carbocycles. The van der Waals surface area contributed by atoms with Crippen LogP contribution in [0.1, 0.15) is 57.6 Å². The van der Waals surface area contributed by atoms with Crippen molar-refractivity contribution < 1.29 is 9.53 Å². The fourth-order valence-electron chi connectivity index (χ4n) is 1.59. The van der Waals surface area contributed by atoms with Crippen LogP contribution in [0.3, 0.4) is 0 Å². The van der Waals surface area contributed by atoms with Gasteiger partial charge in [0, 0.05) is 6.42 Å². The van der Waals surface area contributed by atoms with Crippen LogP contribution in [-0.4, -0.2) is 12.6 Å². The van der Waals surface area contributed by atoms with Gasteiger partial charge in [0.2, 0.25) is 0 Å². The molecule has 0 aromatic heterocycles. The van der Waals surface area contributed by atoms with E-state index in [1.54, 1.807) is 0 Å². The molecule has 0 fully saturated rings. The summed E-state index contributed by atoms with van der Waals surface area (Å²) in [5, 5.41) is 0. The number of hydrogen-bond donors (Lipinski definition) is 0. The Balaban J connectivity index is 0.00000154. The van der Waals surface area contributed by atoms with E-state index in [9.17, 15) is 4.79 Å². The molecule has 0 aliphatic rings. The molecule has 2 nitrogen and oxygen atoms in total. The predicted molar refractivity (Wildman–Crippen MR) is 81.3 cm³/mol. The Kier molecular flexibility index (Phi) is 11.0. The minimum Gasteiger partial charge on any atom is -0.466 e. The van der Waals surface area contributed by atoms with Crippen LogP contribution in [0.2, 0.25) is 0 Å². The highest BCUT2D eigenvalue weighted by Gasteiger charge is 2.02. The number of carbonyl (C=O) groups is 1. The summed E-state index contributed by atoms with van der Waals surface area (Å²) in [5.41, 5.74) is 2.56. The van der Waals surface area contributed by atoms with Gasteiger partial charge in [-0.3, -0.25) is 4.79 Å². The van der Waals surface area contributed by atoms with Gasteiger partial charge in [-0.25, -0.2) is 0 Å². The SMILES string of the molecule is CC.CCCCOC(=O)CCCc1ccc(C)cc1. The van der Waals surface area contributed by atoms with Gasteiger partial charge in [-0.15, -0.1) is 0 Å². The highest BCUT2D eigenvalue weighted by Crippen LogP contribution is 2.07. The van der Waals surface area contributed by atoms with Gasteiger partial charge in [0.25, 0.3) is 0 Å². The maximum Gasteiger partial charge on any atom is 0.305 e. The van der Waals surface area contributed by atoms with Crippen LogP contribution < -0.4 is 0 Å². The Labute approximate surface area is 118 Å². The summed E-state index contributed by atoms with van der Waals surface area (Å²) in [5.74, 6) is -0.0643. The monoisotopic (exact) mass is 264 g/mol. The molecule has 1 rings (SSSR count). The largest absolute Gasteiger partial charge is 0.466 e. The lowest BCUT2D eigenvalue weighted by molar-refractivity contribution is -0.143. The van der Waals surface area contributed by atoms with E-state index in [0.717, 1.165) is 25.7 Å². The third-order valence-corrected chi connectivity index (χ3v) is 2.73. The number of esters is 1. The molecule has 0 spiro atoms. The molecule has 108 valence electrons. The summed E-state index contributed by atoms with van der Waals surface area (Å²) >= 11 is 0. The minimum absolute atomic E-state index is 0.0643. The molecule has 19 heavy (non-hydrogen) atoms. The van der Waals surface area contributed by atoms with Gasteiger partial charge in [0.05, 0.1) is 6.61 Å². The van der Waals surface area contributed by atoms with E-state index in [4.69, 9.17) is 4.74 Å². The van der Waals surface area contributed by atoms with Crippen molar-refractivity contribution in [3.05, 3.63) is 35.4 Å². The first-order valence-corrected chi connectivity index (χ1v) is 7.43. The number of carbonyl (C=O) groups excluding carboxylic acids is 1. The fourth-order valence-corrected chi connectivity index (χ4v) is 1.59. The van der Waals surface area contributed by atoms with Crippen LogP contribution in [0.25, 0.3) is 0 Å². The van der Waals surface area contributed by atoms with Crippen LogP contribution in [0.5, 0.6) is 0 Å². The van der Waals surface area contributed by atoms with Crippen molar-refractivity contribution in [1.29, 1.82) is 0 Å². The van der Waals surface area contributed by atoms with Crippen molar-refractivity contribution in [3.63, 3.8) is 0 Å². The molecule has 0 aliphatic heterocycles. The lowest BCUT2D eigenvalue weighted by atomic mass is 10.1. The molecule has 0 saturated carbocycles. The quantitative estimate of drug-likeness (QED) is 0.527. The van der Waals surface area contributed by atoms with Gasteiger partial charge in [-0.05, 0) is 31.7 Å². The molecular weight excluding hydrogens is 236 g/mol. The van der Waals surface area contributed by atoms with E-state index in [-0.39, 0.29) is 5.97 Å². The van der Waals surface area contributed by atoms with Gasteiger partial charge < -0.3 is 4.74 Å². The minimum atomic E-state index is -0.0643. The average molecular weight is 264 g/mol. The number of hydrogen-bond acceptors (Lipinski definition) is 2. The van der Waals surface area contributed by atoms with E-state index < -0.39 is 0 Å². The van der Waals surface area contributed by atoms with Gasteiger partial charge in [0.1, 0.15) is 0 Å². The fraction of sp³-hybridized carbons (Fsp3) is 0.588. The zero-order valence-corrected chi connectivity index (χ0v) is 12.9. The maximum absolute atomic E-state index is 11.3. The van der Waals surface area contributed by atoms with Gasteiger partial charge >= 0.3 is 5.97 Å². The molecule has 0 unspecified atom stereocenters. The second-order valence-corrected chi connectivity index (χ2v) is 4.41. The van der Waals surface area contributed by atoms with Crippen LogP contribution in [-0.2, 0) is 16.0 Å². The standard InChI is InChI=1S/C15H22O2.C2H6/c1-3-4-12-17-15(16)7-5-6-14-10-8-13(2)9-11-14;1-2/h8-11H,3-7,12H2,1-2H3;1-2H3. The zero-order chi connectivity index (χ0) is 14.5. The second-order valence-electron chi connectivity index (χ2n) is 4.41. The number of aryl methyl sites for hydroxylation is 2.